The van der Waals surface area contributed by atoms with E-state index in [0.717, 1.165) is 11.5 Å². The Labute approximate surface area is 189 Å². The van der Waals surface area contributed by atoms with E-state index in [-0.39, 0.29) is 11.2 Å². The van der Waals surface area contributed by atoms with E-state index in [1.807, 2.05) is 25.1 Å². The van der Waals surface area contributed by atoms with Crippen molar-refractivity contribution >= 4 is 17.3 Å². The number of hydrogen-bond donors (Lipinski definition) is 0. The molecular formula is C24H23F3N6. The Kier molecular flexibility index (Phi) is 5.19. The van der Waals surface area contributed by atoms with Crippen molar-refractivity contribution < 1.29 is 13.2 Å². The van der Waals surface area contributed by atoms with Gasteiger partial charge in [0, 0.05) is 43.6 Å². The molecule has 6 nitrogen and oxygen atoms in total. The van der Waals surface area contributed by atoms with E-state index in [2.05, 4.69) is 24.9 Å². The molecule has 0 atom stereocenters. The zero-order valence-electron chi connectivity index (χ0n) is 18.3. The number of pyridine rings is 1. The predicted molar refractivity (Wildman–Crippen MR) is 122 cm³/mol. The number of piperazine rings is 1. The quantitative estimate of drug-likeness (QED) is 0.449. The minimum absolute atomic E-state index is 0.00986. The molecule has 1 fully saturated rings. The van der Waals surface area contributed by atoms with Crippen LogP contribution in [0.5, 0.6) is 0 Å². The first-order chi connectivity index (χ1) is 15.8. The molecule has 170 valence electrons. The molecule has 1 saturated heterocycles. The summed E-state index contributed by atoms with van der Waals surface area (Å²) in [6.07, 6.45) is -4.60. The SMILES string of the molecule is Cc1cccc(N2CCN(c3cc(C)nc4c(-c5ccccc5)c(C(F)(F)F)nn34)CC2)n1. The average molecular weight is 452 g/mol. The molecule has 9 heteroatoms. The summed E-state index contributed by atoms with van der Waals surface area (Å²) in [5, 5.41) is 4.03. The number of halogens is 3. The third kappa shape index (κ3) is 3.99. The van der Waals surface area contributed by atoms with Crippen molar-refractivity contribution in [1.82, 2.24) is 19.6 Å². The predicted octanol–water partition coefficient (Wildman–Crippen LogP) is 4.75. The molecule has 0 N–H and O–H groups in total. The minimum atomic E-state index is -4.60. The number of alkyl halides is 3. The summed E-state index contributed by atoms with van der Waals surface area (Å²) >= 11 is 0. The summed E-state index contributed by atoms with van der Waals surface area (Å²) < 4.78 is 43.3. The van der Waals surface area contributed by atoms with Crippen LogP contribution in [0.25, 0.3) is 16.8 Å². The van der Waals surface area contributed by atoms with Gasteiger partial charge in [0.1, 0.15) is 11.6 Å². The number of anilines is 2. The second kappa shape index (κ2) is 8.06. The molecule has 1 aliphatic heterocycles. The van der Waals surface area contributed by atoms with Gasteiger partial charge in [0.2, 0.25) is 0 Å². The van der Waals surface area contributed by atoms with Gasteiger partial charge in [-0.25, -0.2) is 9.97 Å². The Morgan fingerprint density at radius 1 is 0.788 bits per heavy atom. The van der Waals surface area contributed by atoms with Gasteiger partial charge in [0.05, 0.1) is 5.56 Å². The number of aryl methyl sites for hydroxylation is 2. The maximum absolute atomic E-state index is 14.0. The van der Waals surface area contributed by atoms with Gasteiger partial charge in [-0.3, -0.25) is 0 Å². The first-order valence-corrected chi connectivity index (χ1v) is 10.8. The molecule has 5 rings (SSSR count). The van der Waals surface area contributed by atoms with Crippen LogP contribution in [-0.2, 0) is 6.18 Å². The van der Waals surface area contributed by atoms with Crippen molar-refractivity contribution in [2.75, 3.05) is 36.0 Å². The van der Waals surface area contributed by atoms with Crippen molar-refractivity contribution in [3.63, 3.8) is 0 Å². The standard InChI is InChI=1S/C24H23F3N6/c1-16-7-6-10-19(28-16)31-11-13-32(14-12-31)20-15-17(2)29-23-21(18-8-4-3-5-9-18)22(24(25,26)27)30-33(20)23/h3-10,15H,11-14H2,1-2H3. The zero-order chi connectivity index (χ0) is 23.2. The summed E-state index contributed by atoms with van der Waals surface area (Å²) in [5.74, 6) is 1.53. The molecule has 0 aliphatic carbocycles. The monoisotopic (exact) mass is 452 g/mol. The third-order valence-electron chi connectivity index (χ3n) is 5.83. The molecule has 4 aromatic rings. The lowest BCUT2D eigenvalue weighted by Gasteiger charge is -2.36. The first-order valence-electron chi connectivity index (χ1n) is 10.8. The van der Waals surface area contributed by atoms with Crippen LogP contribution >= 0.6 is 0 Å². The topological polar surface area (TPSA) is 49.6 Å². The highest BCUT2D eigenvalue weighted by Gasteiger charge is 2.39. The van der Waals surface area contributed by atoms with Gasteiger partial charge in [-0.15, -0.1) is 0 Å². The summed E-state index contributed by atoms with van der Waals surface area (Å²) in [6, 6.07) is 16.2. The Morgan fingerprint density at radius 3 is 2.15 bits per heavy atom. The molecule has 1 aromatic carbocycles. The van der Waals surface area contributed by atoms with Crippen molar-refractivity contribution in [3.8, 4) is 11.1 Å². The van der Waals surface area contributed by atoms with Crippen LogP contribution in [0.2, 0.25) is 0 Å². The molecule has 0 radical (unpaired) electrons. The molecule has 0 spiro atoms. The molecule has 0 saturated carbocycles. The number of hydrogen-bond acceptors (Lipinski definition) is 5. The summed E-state index contributed by atoms with van der Waals surface area (Å²) in [6.45, 7) is 6.44. The highest BCUT2D eigenvalue weighted by molar-refractivity contribution is 5.81. The third-order valence-corrected chi connectivity index (χ3v) is 5.83. The minimum Gasteiger partial charge on any atom is -0.353 e. The van der Waals surface area contributed by atoms with E-state index in [0.29, 0.717) is 43.3 Å². The van der Waals surface area contributed by atoms with Crippen molar-refractivity contribution in [3.05, 3.63) is 71.7 Å². The van der Waals surface area contributed by atoms with Gasteiger partial charge in [-0.05, 0) is 31.5 Å². The second-order valence-corrected chi connectivity index (χ2v) is 8.19. The van der Waals surface area contributed by atoms with Crippen molar-refractivity contribution in [2.24, 2.45) is 0 Å². The number of rotatable bonds is 3. The fourth-order valence-corrected chi connectivity index (χ4v) is 4.28. The van der Waals surface area contributed by atoms with Crippen LogP contribution in [0, 0.1) is 13.8 Å². The number of benzene rings is 1. The van der Waals surface area contributed by atoms with Gasteiger partial charge < -0.3 is 9.80 Å². The average Bonchev–Trinajstić information content (AvgIpc) is 3.19. The molecule has 0 amide bonds. The smallest absolute Gasteiger partial charge is 0.353 e. The van der Waals surface area contributed by atoms with Crippen LogP contribution in [0.3, 0.4) is 0 Å². The van der Waals surface area contributed by atoms with E-state index >= 15 is 0 Å². The normalized spacial score (nSPS) is 14.8. The van der Waals surface area contributed by atoms with Gasteiger partial charge in [-0.1, -0.05) is 36.4 Å². The molecule has 0 bridgehead atoms. The summed E-state index contributed by atoms with van der Waals surface area (Å²) in [4.78, 5) is 13.3. The number of aromatic nitrogens is 4. The Bertz CT molecular complexity index is 1290. The Morgan fingerprint density at radius 2 is 1.48 bits per heavy atom. The van der Waals surface area contributed by atoms with E-state index in [9.17, 15) is 13.2 Å². The van der Waals surface area contributed by atoms with E-state index in [1.54, 1.807) is 43.3 Å². The molecule has 3 aromatic heterocycles. The van der Waals surface area contributed by atoms with Gasteiger partial charge in [-0.2, -0.15) is 22.8 Å². The van der Waals surface area contributed by atoms with Crippen LogP contribution < -0.4 is 9.80 Å². The van der Waals surface area contributed by atoms with Crippen LogP contribution in [-0.4, -0.2) is 45.8 Å². The lowest BCUT2D eigenvalue weighted by atomic mass is 10.1. The van der Waals surface area contributed by atoms with Crippen LogP contribution in [0.4, 0.5) is 24.8 Å². The highest BCUT2D eigenvalue weighted by atomic mass is 19.4. The molecule has 0 unspecified atom stereocenters. The fraction of sp³-hybridized carbons (Fsp3) is 0.292. The van der Waals surface area contributed by atoms with Gasteiger partial charge in [0.15, 0.2) is 11.3 Å². The maximum Gasteiger partial charge on any atom is 0.435 e. The summed E-state index contributed by atoms with van der Waals surface area (Å²) in [7, 11) is 0. The van der Waals surface area contributed by atoms with Gasteiger partial charge in [0.25, 0.3) is 0 Å². The number of nitrogens with zero attached hydrogens (tertiary/aromatic N) is 6. The second-order valence-electron chi connectivity index (χ2n) is 8.19. The van der Waals surface area contributed by atoms with Crippen molar-refractivity contribution in [2.45, 2.75) is 20.0 Å². The fourth-order valence-electron chi connectivity index (χ4n) is 4.28. The molecule has 4 heterocycles. The van der Waals surface area contributed by atoms with Crippen LogP contribution in [0.15, 0.2) is 54.6 Å². The largest absolute Gasteiger partial charge is 0.435 e. The molecule has 1 aliphatic rings. The highest BCUT2D eigenvalue weighted by Crippen LogP contribution is 2.39. The van der Waals surface area contributed by atoms with Crippen molar-refractivity contribution in [1.29, 1.82) is 0 Å². The first kappa shape index (κ1) is 21.2. The van der Waals surface area contributed by atoms with Crippen LogP contribution in [0.1, 0.15) is 17.1 Å². The number of fused-ring (bicyclic) bond motifs is 1. The lowest BCUT2D eigenvalue weighted by Crippen LogP contribution is -2.47. The Hall–Kier alpha value is -3.62. The van der Waals surface area contributed by atoms with E-state index in [4.69, 9.17) is 0 Å². The lowest BCUT2D eigenvalue weighted by molar-refractivity contribution is -0.140. The maximum atomic E-state index is 14.0. The molecular weight excluding hydrogens is 429 g/mol. The van der Waals surface area contributed by atoms with E-state index < -0.39 is 11.9 Å². The summed E-state index contributed by atoms with van der Waals surface area (Å²) in [5.41, 5.74) is 1.34. The van der Waals surface area contributed by atoms with Gasteiger partial charge >= 0.3 is 6.18 Å². The van der Waals surface area contributed by atoms with E-state index in [1.165, 1.54) is 4.52 Å². The molecule has 33 heavy (non-hydrogen) atoms. The zero-order valence-corrected chi connectivity index (χ0v) is 18.3. The Balaban J connectivity index is 1.55.